The molecule has 0 fully saturated rings. The summed E-state index contributed by atoms with van der Waals surface area (Å²) in [7, 11) is 3.28. The fourth-order valence-electron chi connectivity index (χ4n) is 2.07. The molecule has 0 radical (unpaired) electrons. The molecule has 23 heavy (non-hydrogen) atoms. The molecule has 1 N–H and O–H groups in total. The molecule has 0 saturated heterocycles. The van der Waals surface area contributed by atoms with Crippen LogP contribution in [0.25, 0.3) is 11.4 Å². The van der Waals surface area contributed by atoms with Gasteiger partial charge in [0.15, 0.2) is 11.0 Å². The number of benzene rings is 1. The number of carbonyl (C=O) groups excluding carboxylic acids is 1. The monoisotopic (exact) mass is 334 g/mol. The number of ether oxygens (including phenoxy) is 1. The maximum Gasteiger partial charge on any atom is 0.230 e. The first kappa shape index (κ1) is 17.3. The van der Waals surface area contributed by atoms with E-state index in [1.165, 1.54) is 11.8 Å². The summed E-state index contributed by atoms with van der Waals surface area (Å²) in [6.07, 6.45) is 2.12. The highest BCUT2D eigenvalue weighted by molar-refractivity contribution is 7.99. The van der Waals surface area contributed by atoms with E-state index in [-0.39, 0.29) is 5.91 Å². The van der Waals surface area contributed by atoms with Crippen LogP contribution in [0, 0.1) is 0 Å². The van der Waals surface area contributed by atoms with Crippen LogP contribution in [-0.4, -0.2) is 40.6 Å². The van der Waals surface area contributed by atoms with Gasteiger partial charge in [0.05, 0.1) is 12.9 Å². The van der Waals surface area contributed by atoms with Crippen molar-refractivity contribution in [1.29, 1.82) is 0 Å². The van der Waals surface area contributed by atoms with E-state index in [0.29, 0.717) is 5.75 Å². The van der Waals surface area contributed by atoms with E-state index in [2.05, 4.69) is 27.0 Å². The summed E-state index contributed by atoms with van der Waals surface area (Å²) in [5, 5.41) is 12.0. The van der Waals surface area contributed by atoms with Crippen molar-refractivity contribution in [1.82, 2.24) is 20.1 Å². The Labute approximate surface area is 140 Å². The minimum Gasteiger partial charge on any atom is -0.497 e. The molecule has 0 bridgehead atoms. The number of rotatable bonds is 8. The predicted molar refractivity (Wildman–Crippen MR) is 91.7 cm³/mol. The number of hydrogen-bond donors (Lipinski definition) is 1. The van der Waals surface area contributed by atoms with Crippen LogP contribution >= 0.6 is 11.8 Å². The molecule has 1 amide bonds. The highest BCUT2D eigenvalue weighted by Crippen LogP contribution is 2.26. The molecule has 0 unspecified atom stereocenters. The number of thioether (sulfide) groups is 1. The Kier molecular flexibility index (Phi) is 6.46. The van der Waals surface area contributed by atoms with Gasteiger partial charge in [-0.25, -0.2) is 0 Å². The minimum absolute atomic E-state index is 0.0222. The van der Waals surface area contributed by atoms with Gasteiger partial charge in [-0.3, -0.25) is 4.79 Å². The van der Waals surface area contributed by atoms with Crippen LogP contribution in [0.3, 0.4) is 0 Å². The Morgan fingerprint density at radius 2 is 2.04 bits per heavy atom. The molecular weight excluding hydrogens is 312 g/mol. The molecule has 124 valence electrons. The summed E-state index contributed by atoms with van der Waals surface area (Å²) in [5.74, 6) is 1.94. The zero-order chi connectivity index (χ0) is 16.7. The lowest BCUT2D eigenvalue weighted by atomic mass is 10.2. The molecule has 1 aromatic heterocycles. The van der Waals surface area contributed by atoms with Crippen molar-refractivity contribution >= 4 is 17.7 Å². The number of carbonyl (C=O) groups is 1. The second-order valence-corrected chi connectivity index (χ2v) is 5.94. The average Bonchev–Trinajstić information content (AvgIpc) is 3.00. The van der Waals surface area contributed by atoms with Gasteiger partial charge in [-0.05, 0) is 30.7 Å². The number of amides is 1. The second-order valence-electron chi connectivity index (χ2n) is 5.00. The quantitative estimate of drug-likeness (QED) is 0.752. The SMILES string of the molecule is CCCCn1c(SCC(=O)NC)nnc1-c1ccc(OC)cc1. The zero-order valence-corrected chi connectivity index (χ0v) is 14.5. The second kappa shape index (κ2) is 8.57. The number of unbranched alkanes of at least 4 members (excludes halogenated alkanes) is 1. The zero-order valence-electron chi connectivity index (χ0n) is 13.7. The van der Waals surface area contributed by atoms with Crippen LogP contribution < -0.4 is 10.1 Å². The number of methoxy groups -OCH3 is 1. The van der Waals surface area contributed by atoms with Crippen molar-refractivity contribution in [3.05, 3.63) is 24.3 Å². The van der Waals surface area contributed by atoms with Crippen LogP contribution in [0.15, 0.2) is 29.4 Å². The normalized spacial score (nSPS) is 10.6. The number of aromatic nitrogens is 3. The van der Waals surface area contributed by atoms with Crippen LogP contribution in [0.4, 0.5) is 0 Å². The first-order valence-corrected chi connectivity index (χ1v) is 8.59. The smallest absolute Gasteiger partial charge is 0.230 e. The van der Waals surface area contributed by atoms with Gasteiger partial charge in [0.1, 0.15) is 5.75 Å². The molecule has 2 aromatic rings. The van der Waals surface area contributed by atoms with E-state index in [9.17, 15) is 4.79 Å². The molecule has 1 aromatic carbocycles. The third kappa shape index (κ3) is 4.48. The molecule has 2 rings (SSSR count). The molecule has 0 atom stereocenters. The van der Waals surface area contributed by atoms with E-state index in [1.54, 1.807) is 14.2 Å². The van der Waals surface area contributed by atoms with Crippen LogP contribution in [0.5, 0.6) is 5.75 Å². The standard InChI is InChI=1S/C16H22N4O2S/c1-4-5-10-20-15(12-6-8-13(22-3)9-7-12)18-19-16(20)23-11-14(21)17-2/h6-9H,4-5,10-11H2,1-3H3,(H,17,21). The Balaban J connectivity index is 2.26. The van der Waals surface area contributed by atoms with Crippen molar-refractivity contribution in [3.63, 3.8) is 0 Å². The first-order valence-electron chi connectivity index (χ1n) is 7.60. The first-order chi connectivity index (χ1) is 11.2. The number of nitrogens with one attached hydrogen (secondary N) is 1. The van der Waals surface area contributed by atoms with Gasteiger partial charge < -0.3 is 14.6 Å². The van der Waals surface area contributed by atoms with Gasteiger partial charge in [-0.2, -0.15) is 0 Å². The van der Waals surface area contributed by atoms with Crippen molar-refractivity contribution in [2.45, 2.75) is 31.5 Å². The van der Waals surface area contributed by atoms with Gasteiger partial charge in [0.2, 0.25) is 5.91 Å². The molecule has 7 heteroatoms. The molecule has 0 aliphatic heterocycles. The summed E-state index contributed by atoms with van der Waals surface area (Å²) in [5.41, 5.74) is 0.987. The van der Waals surface area contributed by atoms with Crippen molar-refractivity contribution < 1.29 is 9.53 Å². The number of hydrogen-bond acceptors (Lipinski definition) is 5. The molecule has 1 heterocycles. The van der Waals surface area contributed by atoms with Gasteiger partial charge >= 0.3 is 0 Å². The lowest BCUT2D eigenvalue weighted by Gasteiger charge is -2.10. The molecular formula is C16H22N4O2S. The largest absolute Gasteiger partial charge is 0.497 e. The van der Waals surface area contributed by atoms with Crippen LogP contribution in [0.2, 0.25) is 0 Å². The van der Waals surface area contributed by atoms with Gasteiger partial charge in [-0.15, -0.1) is 10.2 Å². The summed E-state index contributed by atoms with van der Waals surface area (Å²) in [6.45, 7) is 2.98. The van der Waals surface area contributed by atoms with E-state index < -0.39 is 0 Å². The van der Waals surface area contributed by atoms with Gasteiger partial charge in [0.25, 0.3) is 0 Å². The maximum atomic E-state index is 11.5. The lowest BCUT2D eigenvalue weighted by molar-refractivity contribution is -0.118. The van der Waals surface area contributed by atoms with Gasteiger partial charge in [0, 0.05) is 19.2 Å². The summed E-state index contributed by atoms with van der Waals surface area (Å²) in [4.78, 5) is 11.5. The van der Waals surface area contributed by atoms with E-state index in [1.807, 2.05) is 24.3 Å². The van der Waals surface area contributed by atoms with Crippen molar-refractivity contribution in [2.75, 3.05) is 19.9 Å². The summed E-state index contributed by atoms with van der Waals surface area (Å²) in [6, 6.07) is 7.76. The Hall–Kier alpha value is -2.02. The molecule has 0 spiro atoms. The highest BCUT2D eigenvalue weighted by Gasteiger charge is 2.15. The third-order valence-electron chi connectivity index (χ3n) is 3.41. The highest BCUT2D eigenvalue weighted by atomic mass is 32.2. The number of nitrogens with zero attached hydrogens (tertiary/aromatic N) is 3. The fraction of sp³-hybridized carbons (Fsp3) is 0.438. The average molecular weight is 334 g/mol. The predicted octanol–water partition coefficient (Wildman–Crippen LogP) is 2.59. The Morgan fingerprint density at radius 1 is 1.30 bits per heavy atom. The summed E-state index contributed by atoms with van der Waals surface area (Å²) >= 11 is 1.41. The van der Waals surface area contributed by atoms with Crippen molar-refractivity contribution in [3.8, 4) is 17.1 Å². The topological polar surface area (TPSA) is 69.0 Å². The van der Waals surface area contributed by atoms with E-state index in [0.717, 1.165) is 41.7 Å². The fourth-order valence-corrected chi connectivity index (χ4v) is 2.91. The molecule has 0 saturated carbocycles. The Morgan fingerprint density at radius 3 is 2.65 bits per heavy atom. The van der Waals surface area contributed by atoms with E-state index >= 15 is 0 Å². The minimum atomic E-state index is -0.0222. The van der Waals surface area contributed by atoms with Gasteiger partial charge in [-0.1, -0.05) is 25.1 Å². The molecule has 0 aliphatic rings. The third-order valence-corrected chi connectivity index (χ3v) is 4.38. The maximum absolute atomic E-state index is 11.5. The molecule has 6 nitrogen and oxygen atoms in total. The summed E-state index contributed by atoms with van der Waals surface area (Å²) < 4.78 is 7.27. The van der Waals surface area contributed by atoms with Crippen LogP contribution in [-0.2, 0) is 11.3 Å². The lowest BCUT2D eigenvalue weighted by Crippen LogP contribution is -2.20. The van der Waals surface area contributed by atoms with E-state index in [4.69, 9.17) is 4.74 Å². The Bertz CT molecular complexity index is 640. The van der Waals surface area contributed by atoms with Crippen molar-refractivity contribution in [2.24, 2.45) is 0 Å². The molecule has 0 aliphatic carbocycles. The van der Waals surface area contributed by atoms with Crippen LogP contribution in [0.1, 0.15) is 19.8 Å².